The lowest BCUT2D eigenvalue weighted by Gasteiger charge is -2.34. The molecule has 0 amide bonds. The van der Waals surface area contributed by atoms with E-state index in [0.717, 1.165) is 12.8 Å². The maximum absolute atomic E-state index is 11.2. The van der Waals surface area contributed by atoms with Gasteiger partial charge in [0.15, 0.2) is 0 Å². The first kappa shape index (κ1) is 20.3. The molecule has 0 radical (unpaired) electrons. The van der Waals surface area contributed by atoms with E-state index in [1.165, 1.54) is 25.3 Å². The van der Waals surface area contributed by atoms with E-state index < -0.39 is 8.56 Å². The summed E-state index contributed by atoms with van der Waals surface area (Å²) in [4.78, 5) is 11.2. The fourth-order valence-electron chi connectivity index (χ4n) is 2.52. The molecule has 0 fully saturated rings. The van der Waals surface area contributed by atoms with Crippen molar-refractivity contribution in [3.8, 4) is 0 Å². The summed E-state index contributed by atoms with van der Waals surface area (Å²) in [5.74, 6) is -0.363. The molecule has 1 unspecified atom stereocenters. The van der Waals surface area contributed by atoms with Crippen LogP contribution in [-0.4, -0.2) is 34.4 Å². The van der Waals surface area contributed by atoms with Gasteiger partial charge in [-0.2, -0.15) is 0 Å². The Bertz CT molecular complexity index is 288. The molecule has 0 spiro atoms. The molecule has 0 heterocycles. The van der Waals surface area contributed by atoms with Gasteiger partial charge >= 0.3 is 14.5 Å². The Balaban J connectivity index is 4.65. The van der Waals surface area contributed by atoms with Crippen molar-refractivity contribution < 1.29 is 18.4 Å². The highest BCUT2D eigenvalue weighted by molar-refractivity contribution is 6.67. The Labute approximate surface area is 131 Å². The highest BCUT2D eigenvalue weighted by atomic mass is 28.4. The first-order valence-corrected chi connectivity index (χ1v) is 10.5. The summed E-state index contributed by atoms with van der Waals surface area (Å²) in [6, 6.07) is 0. The van der Waals surface area contributed by atoms with Crippen molar-refractivity contribution in [2.24, 2.45) is 0 Å². The van der Waals surface area contributed by atoms with Crippen LogP contribution in [0.25, 0.3) is 0 Å². The van der Waals surface area contributed by atoms with E-state index in [0.29, 0.717) is 25.4 Å². The molecule has 0 aromatic carbocycles. The number of rotatable bonds is 13. The Morgan fingerprint density at radius 2 is 1.76 bits per heavy atom. The quantitative estimate of drug-likeness (QED) is 0.221. The van der Waals surface area contributed by atoms with E-state index in [-0.39, 0.29) is 5.97 Å². The lowest BCUT2D eigenvalue weighted by atomic mass is 10.1. The van der Waals surface area contributed by atoms with Crippen molar-refractivity contribution in [1.29, 1.82) is 0 Å². The van der Waals surface area contributed by atoms with E-state index in [4.69, 9.17) is 13.6 Å². The van der Waals surface area contributed by atoms with Crippen molar-refractivity contribution in [2.45, 2.75) is 65.0 Å². The third kappa shape index (κ3) is 8.39. The van der Waals surface area contributed by atoms with Gasteiger partial charge in [0, 0.05) is 24.8 Å². The topological polar surface area (TPSA) is 44.8 Å². The van der Waals surface area contributed by atoms with Crippen LogP contribution in [0.15, 0.2) is 12.7 Å². The summed E-state index contributed by atoms with van der Waals surface area (Å²) < 4.78 is 17.1. The summed E-state index contributed by atoms with van der Waals surface area (Å²) in [5, 5.41) is 0. The molecule has 0 aromatic rings. The van der Waals surface area contributed by atoms with Crippen molar-refractivity contribution in [2.75, 3.05) is 19.8 Å². The Morgan fingerprint density at radius 3 is 2.24 bits per heavy atom. The number of ether oxygens (including phenoxy) is 1. The highest BCUT2D eigenvalue weighted by Gasteiger charge is 2.40. The van der Waals surface area contributed by atoms with Crippen molar-refractivity contribution in [3.63, 3.8) is 0 Å². The van der Waals surface area contributed by atoms with Gasteiger partial charge in [-0.05, 0) is 33.2 Å². The molecule has 0 saturated carbocycles. The molecule has 0 bridgehead atoms. The van der Waals surface area contributed by atoms with E-state index in [1.54, 1.807) is 0 Å². The molecule has 4 nitrogen and oxygen atoms in total. The summed E-state index contributed by atoms with van der Waals surface area (Å²) in [5.41, 5.74) is 0.349. The second-order valence-electron chi connectivity index (χ2n) is 5.23. The van der Waals surface area contributed by atoms with Crippen molar-refractivity contribution in [1.82, 2.24) is 0 Å². The van der Waals surface area contributed by atoms with Gasteiger partial charge in [-0.1, -0.05) is 32.8 Å². The smallest absolute Gasteiger partial charge is 0.338 e. The second-order valence-corrected chi connectivity index (χ2v) is 8.66. The molecule has 0 aliphatic heterocycles. The van der Waals surface area contributed by atoms with Crippen molar-refractivity contribution >= 4 is 14.5 Å². The van der Waals surface area contributed by atoms with Crippen LogP contribution in [0.3, 0.4) is 0 Å². The van der Waals surface area contributed by atoms with Crippen LogP contribution in [0.4, 0.5) is 0 Å². The number of hydrogen-bond acceptors (Lipinski definition) is 4. The van der Waals surface area contributed by atoms with Crippen LogP contribution >= 0.6 is 0 Å². The first-order valence-electron chi connectivity index (χ1n) is 8.11. The van der Waals surface area contributed by atoms with Gasteiger partial charge in [-0.25, -0.2) is 4.79 Å². The average molecular weight is 317 g/mol. The zero-order chi connectivity index (χ0) is 16.1. The maximum atomic E-state index is 11.2. The van der Waals surface area contributed by atoms with Crippen LogP contribution in [0.5, 0.6) is 0 Å². The number of carbonyl (C=O) groups excluding carboxylic acids is 1. The first-order chi connectivity index (χ1) is 10.0. The van der Waals surface area contributed by atoms with E-state index in [1.807, 2.05) is 13.8 Å². The Hall–Kier alpha value is -0.653. The standard InChI is InChI=1S/C16H32O4Si/c1-6-10-11-12-15(13-14-18-16(17)7-2)21(5,19-8-3)20-9-4/h7,15H,2,6,8-14H2,1,3-5H3. The predicted octanol–water partition coefficient (Wildman–Crippen LogP) is 4.20. The molecule has 1 atom stereocenters. The largest absolute Gasteiger partial charge is 0.463 e. The van der Waals surface area contributed by atoms with Gasteiger partial charge in [-0.15, -0.1) is 0 Å². The zero-order valence-corrected chi connectivity index (χ0v) is 15.2. The molecule has 0 aromatic heterocycles. The van der Waals surface area contributed by atoms with E-state index in [9.17, 15) is 4.79 Å². The highest BCUT2D eigenvalue weighted by Crippen LogP contribution is 2.33. The Morgan fingerprint density at radius 1 is 1.14 bits per heavy atom. The van der Waals surface area contributed by atoms with Gasteiger partial charge in [0.25, 0.3) is 0 Å². The van der Waals surface area contributed by atoms with Crippen LogP contribution < -0.4 is 0 Å². The van der Waals surface area contributed by atoms with Crippen LogP contribution in [0.2, 0.25) is 12.1 Å². The number of hydrogen-bond donors (Lipinski definition) is 0. The van der Waals surface area contributed by atoms with Crippen LogP contribution in [-0.2, 0) is 18.4 Å². The lowest BCUT2D eigenvalue weighted by Crippen LogP contribution is -2.44. The predicted molar refractivity (Wildman–Crippen MR) is 88.5 cm³/mol. The van der Waals surface area contributed by atoms with Crippen LogP contribution in [0.1, 0.15) is 52.9 Å². The SMILES string of the molecule is C=CC(=O)OCCC(CCCCC)[Si](C)(OCC)OCC. The molecule has 0 N–H and O–H groups in total. The van der Waals surface area contributed by atoms with Crippen LogP contribution in [0, 0.1) is 0 Å². The number of esters is 1. The lowest BCUT2D eigenvalue weighted by molar-refractivity contribution is -0.137. The number of carbonyl (C=O) groups is 1. The minimum atomic E-state index is -2.23. The van der Waals surface area contributed by atoms with Gasteiger partial charge in [0.05, 0.1) is 6.61 Å². The molecule has 5 heteroatoms. The maximum Gasteiger partial charge on any atom is 0.338 e. The van der Waals surface area contributed by atoms with E-state index in [2.05, 4.69) is 20.0 Å². The average Bonchev–Trinajstić information content (AvgIpc) is 2.46. The van der Waals surface area contributed by atoms with E-state index >= 15 is 0 Å². The molecule has 124 valence electrons. The summed E-state index contributed by atoms with van der Waals surface area (Å²) >= 11 is 0. The molecule has 0 aliphatic rings. The van der Waals surface area contributed by atoms with Gasteiger partial charge in [-0.3, -0.25) is 0 Å². The minimum Gasteiger partial charge on any atom is -0.463 e. The molecule has 21 heavy (non-hydrogen) atoms. The third-order valence-corrected chi connectivity index (χ3v) is 7.42. The monoisotopic (exact) mass is 316 g/mol. The normalized spacial score (nSPS) is 13.0. The van der Waals surface area contributed by atoms with Gasteiger partial charge in [0.2, 0.25) is 0 Å². The zero-order valence-electron chi connectivity index (χ0n) is 14.2. The summed E-state index contributed by atoms with van der Waals surface area (Å²) in [7, 11) is -2.23. The second kappa shape index (κ2) is 11.9. The molecule has 0 aliphatic carbocycles. The fourth-order valence-corrected chi connectivity index (χ4v) is 5.59. The molecular weight excluding hydrogens is 284 g/mol. The Kier molecular flexibility index (Phi) is 11.6. The van der Waals surface area contributed by atoms with Gasteiger partial charge < -0.3 is 13.6 Å². The number of unbranched alkanes of at least 4 members (excludes halogenated alkanes) is 2. The summed E-state index contributed by atoms with van der Waals surface area (Å²) in [6.45, 7) is 13.5. The fraction of sp³-hybridized carbons (Fsp3) is 0.812. The van der Waals surface area contributed by atoms with Crippen molar-refractivity contribution in [3.05, 3.63) is 12.7 Å². The van der Waals surface area contributed by atoms with Gasteiger partial charge in [0.1, 0.15) is 0 Å². The molecular formula is C16H32O4Si. The third-order valence-electron chi connectivity index (χ3n) is 3.64. The molecule has 0 saturated heterocycles. The molecule has 0 rings (SSSR count). The minimum absolute atomic E-state index is 0.349. The summed E-state index contributed by atoms with van der Waals surface area (Å²) in [6.07, 6.45) is 6.65.